The molecule has 0 saturated heterocycles. The number of benzene rings is 1. The molecule has 0 radical (unpaired) electrons. The van der Waals surface area contributed by atoms with Crippen LogP contribution in [0.3, 0.4) is 0 Å². The molecule has 118 valence electrons. The van der Waals surface area contributed by atoms with Gasteiger partial charge in [0.25, 0.3) is 0 Å². The van der Waals surface area contributed by atoms with Gasteiger partial charge in [0.05, 0.1) is 18.8 Å². The summed E-state index contributed by atoms with van der Waals surface area (Å²) in [6.45, 7) is 2.74. The number of aryl methyl sites for hydroxylation is 1. The Morgan fingerprint density at radius 2 is 1.91 bits per heavy atom. The first-order valence-electron chi connectivity index (χ1n) is 7.98. The fourth-order valence-electron chi connectivity index (χ4n) is 3.44. The summed E-state index contributed by atoms with van der Waals surface area (Å²) >= 11 is 0. The summed E-state index contributed by atoms with van der Waals surface area (Å²) in [5.41, 5.74) is 2.36. The molecular weight excluding hydrogens is 291 g/mol. The van der Waals surface area contributed by atoms with E-state index in [4.69, 9.17) is 4.42 Å². The first-order chi connectivity index (χ1) is 11.3. The molecule has 3 heterocycles. The zero-order valence-electron chi connectivity index (χ0n) is 12.9. The molecule has 0 saturated carbocycles. The molecule has 0 bridgehead atoms. The lowest BCUT2D eigenvalue weighted by atomic mass is 10.0. The third kappa shape index (κ3) is 2.82. The van der Waals surface area contributed by atoms with Gasteiger partial charge >= 0.3 is 0 Å². The van der Waals surface area contributed by atoms with Gasteiger partial charge in [-0.3, -0.25) is 4.90 Å². The van der Waals surface area contributed by atoms with Gasteiger partial charge in [0, 0.05) is 25.0 Å². The fourth-order valence-corrected chi connectivity index (χ4v) is 3.44. The van der Waals surface area contributed by atoms with Gasteiger partial charge in [-0.25, -0.2) is 4.39 Å². The van der Waals surface area contributed by atoms with E-state index >= 15 is 0 Å². The normalized spacial score (nSPS) is 18.6. The highest BCUT2D eigenvalue weighted by Gasteiger charge is 2.27. The van der Waals surface area contributed by atoms with Crippen LogP contribution in [0.1, 0.15) is 29.5 Å². The van der Waals surface area contributed by atoms with Crippen LogP contribution in [0.25, 0.3) is 0 Å². The summed E-state index contributed by atoms with van der Waals surface area (Å²) in [6.07, 6.45) is 4.92. The summed E-state index contributed by atoms with van der Waals surface area (Å²) in [4.78, 5) is 2.41. The van der Waals surface area contributed by atoms with Crippen molar-refractivity contribution in [1.82, 2.24) is 9.47 Å². The second-order valence-electron chi connectivity index (χ2n) is 5.98. The molecule has 1 aliphatic heterocycles. The van der Waals surface area contributed by atoms with Crippen LogP contribution in [0.15, 0.2) is 65.4 Å². The van der Waals surface area contributed by atoms with E-state index < -0.39 is 0 Å². The monoisotopic (exact) mass is 310 g/mol. The van der Waals surface area contributed by atoms with Crippen molar-refractivity contribution in [1.29, 1.82) is 0 Å². The Bertz CT molecular complexity index is 761. The summed E-state index contributed by atoms with van der Waals surface area (Å²) in [6, 6.07) is 15.1. The molecule has 0 fully saturated rings. The maximum Gasteiger partial charge on any atom is 0.123 e. The first kappa shape index (κ1) is 14.3. The number of hydrogen-bond acceptors (Lipinski definition) is 2. The second kappa shape index (κ2) is 6.05. The molecule has 0 N–H and O–H groups in total. The molecular formula is C19H19FN2O. The Labute approximate surface area is 135 Å². The van der Waals surface area contributed by atoms with Crippen molar-refractivity contribution < 1.29 is 8.81 Å². The summed E-state index contributed by atoms with van der Waals surface area (Å²) in [5.74, 6) is 0.757. The SMILES string of the molecule is Fc1ccc(C2c3cccn3CCCN2Cc2ccco2)cc1. The summed E-state index contributed by atoms with van der Waals surface area (Å²) in [7, 11) is 0. The number of furan rings is 1. The Balaban J connectivity index is 1.75. The molecule has 4 rings (SSSR count). The maximum absolute atomic E-state index is 13.3. The van der Waals surface area contributed by atoms with E-state index in [1.807, 2.05) is 24.3 Å². The van der Waals surface area contributed by atoms with Gasteiger partial charge in [0.1, 0.15) is 11.6 Å². The maximum atomic E-state index is 13.3. The van der Waals surface area contributed by atoms with Crippen molar-refractivity contribution in [2.24, 2.45) is 0 Å². The fraction of sp³-hybridized carbons (Fsp3) is 0.263. The molecule has 0 aliphatic carbocycles. The molecule has 1 aromatic carbocycles. The molecule has 1 atom stereocenters. The van der Waals surface area contributed by atoms with Crippen LogP contribution in [0.5, 0.6) is 0 Å². The van der Waals surface area contributed by atoms with Crippen molar-refractivity contribution in [2.45, 2.75) is 25.6 Å². The van der Waals surface area contributed by atoms with Crippen LogP contribution in [0.2, 0.25) is 0 Å². The number of halogens is 1. The quantitative estimate of drug-likeness (QED) is 0.722. The predicted molar refractivity (Wildman–Crippen MR) is 86.4 cm³/mol. The van der Waals surface area contributed by atoms with E-state index in [0.29, 0.717) is 0 Å². The van der Waals surface area contributed by atoms with Crippen LogP contribution >= 0.6 is 0 Å². The third-order valence-corrected chi connectivity index (χ3v) is 4.48. The van der Waals surface area contributed by atoms with Gasteiger partial charge in [0.2, 0.25) is 0 Å². The van der Waals surface area contributed by atoms with Gasteiger partial charge in [-0.2, -0.15) is 0 Å². The molecule has 23 heavy (non-hydrogen) atoms. The molecule has 0 amide bonds. The highest BCUT2D eigenvalue weighted by molar-refractivity contribution is 5.30. The Morgan fingerprint density at radius 3 is 2.70 bits per heavy atom. The average molecular weight is 310 g/mol. The van der Waals surface area contributed by atoms with Crippen LogP contribution < -0.4 is 0 Å². The van der Waals surface area contributed by atoms with Gasteiger partial charge in [-0.1, -0.05) is 12.1 Å². The predicted octanol–water partition coefficient (Wildman–Crippen LogP) is 4.22. The lowest BCUT2D eigenvalue weighted by Crippen LogP contribution is -2.29. The smallest absolute Gasteiger partial charge is 0.123 e. The molecule has 4 heteroatoms. The largest absolute Gasteiger partial charge is 0.468 e. The molecule has 1 unspecified atom stereocenters. The first-order valence-corrected chi connectivity index (χ1v) is 7.98. The average Bonchev–Trinajstić information content (AvgIpc) is 3.19. The highest BCUT2D eigenvalue weighted by Crippen LogP contribution is 2.33. The number of hydrogen-bond donors (Lipinski definition) is 0. The molecule has 0 spiro atoms. The minimum absolute atomic E-state index is 0.109. The highest BCUT2D eigenvalue weighted by atomic mass is 19.1. The Kier molecular flexibility index (Phi) is 3.75. The van der Waals surface area contributed by atoms with Gasteiger partial charge in [-0.15, -0.1) is 0 Å². The van der Waals surface area contributed by atoms with Crippen LogP contribution in [0.4, 0.5) is 4.39 Å². The van der Waals surface area contributed by atoms with E-state index in [1.165, 1.54) is 5.69 Å². The van der Waals surface area contributed by atoms with E-state index in [0.717, 1.165) is 37.4 Å². The summed E-state index contributed by atoms with van der Waals surface area (Å²) in [5, 5.41) is 0. The van der Waals surface area contributed by atoms with Gasteiger partial charge in [-0.05, 0) is 48.4 Å². The lowest BCUT2D eigenvalue weighted by molar-refractivity contribution is 0.203. The number of nitrogens with zero attached hydrogens (tertiary/aromatic N) is 2. The zero-order chi connectivity index (χ0) is 15.6. The molecule has 1 aliphatic rings. The minimum Gasteiger partial charge on any atom is -0.468 e. The standard InChI is InChI=1S/C19H19FN2O/c20-16-8-6-15(7-9-16)19-18-5-1-10-21(18)11-3-12-22(19)14-17-4-2-13-23-17/h1-2,4-10,13,19H,3,11-12,14H2. The zero-order valence-corrected chi connectivity index (χ0v) is 12.9. The van der Waals surface area contributed by atoms with E-state index in [2.05, 4.69) is 27.8 Å². The second-order valence-corrected chi connectivity index (χ2v) is 5.98. The van der Waals surface area contributed by atoms with Gasteiger partial charge < -0.3 is 8.98 Å². The van der Waals surface area contributed by atoms with Crippen LogP contribution in [0, 0.1) is 5.82 Å². The molecule has 2 aromatic heterocycles. The van der Waals surface area contributed by atoms with Crippen molar-refractivity contribution in [3.63, 3.8) is 0 Å². The topological polar surface area (TPSA) is 21.3 Å². The summed E-state index contributed by atoms with van der Waals surface area (Å²) < 4.78 is 21.2. The minimum atomic E-state index is -0.199. The van der Waals surface area contributed by atoms with Crippen molar-refractivity contribution in [3.8, 4) is 0 Å². The number of rotatable bonds is 3. The van der Waals surface area contributed by atoms with Crippen LogP contribution in [-0.4, -0.2) is 16.0 Å². The van der Waals surface area contributed by atoms with Crippen molar-refractivity contribution in [3.05, 3.63) is 83.8 Å². The van der Waals surface area contributed by atoms with Crippen molar-refractivity contribution >= 4 is 0 Å². The van der Waals surface area contributed by atoms with E-state index in [-0.39, 0.29) is 11.9 Å². The molecule has 3 aromatic rings. The Hall–Kier alpha value is -2.33. The lowest BCUT2D eigenvalue weighted by Gasteiger charge is -2.29. The number of fused-ring (bicyclic) bond motifs is 1. The Morgan fingerprint density at radius 1 is 1.04 bits per heavy atom. The van der Waals surface area contributed by atoms with E-state index in [9.17, 15) is 4.39 Å². The van der Waals surface area contributed by atoms with E-state index in [1.54, 1.807) is 18.4 Å². The van der Waals surface area contributed by atoms with Crippen molar-refractivity contribution in [2.75, 3.05) is 6.54 Å². The van der Waals surface area contributed by atoms with Gasteiger partial charge in [0.15, 0.2) is 0 Å². The third-order valence-electron chi connectivity index (χ3n) is 4.48. The van der Waals surface area contributed by atoms with Crippen LogP contribution in [-0.2, 0) is 13.1 Å². The molecule has 3 nitrogen and oxygen atoms in total. The number of aromatic nitrogens is 1.